The van der Waals surface area contributed by atoms with Crippen molar-refractivity contribution in [1.82, 2.24) is 14.7 Å². The van der Waals surface area contributed by atoms with Gasteiger partial charge < -0.3 is 19.9 Å². The maximum atomic E-state index is 13.8. The summed E-state index contributed by atoms with van der Waals surface area (Å²) in [4.78, 5) is 47.8. The number of ether oxygens (including phenoxy) is 1. The molecular formula is C26H30N4O4S. The van der Waals surface area contributed by atoms with Gasteiger partial charge in [-0.15, -0.1) is 11.3 Å². The minimum atomic E-state index is -1.06. The summed E-state index contributed by atoms with van der Waals surface area (Å²) in [6, 6.07) is 9.69. The summed E-state index contributed by atoms with van der Waals surface area (Å²) < 4.78 is 5.53. The molecule has 2 unspecified atom stereocenters. The number of likely N-dealkylation sites (tertiary alicyclic amines) is 2. The molecule has 8 nitrogen and oxygen atoms in total. The summed E-state index contributed by atoms with van der Waals surface area (Å²) in [6.07, 6.45) is 0.953. The van der Waals surface area contributed by atoms with Gasteiger partial charge in [-0.05, 0) is 42.0 Å². The van der Waals surface area contributed by atoms with E-state index in [-0.39, 0.29) is 36.4 Å². The Balaban J connectivity index is 1.26. The number of benzene rings is 1. The van der Waals surface area contributed by atoms with Crippen LogP contribution in [0.5, 0.6) is 0 Å². The third-order valence-electron chi connectivity index (χ3n) is 8.25. The third kappa shape index (κ3) is 3.51. The highest BCUT2D eigenvalue weighted by Gasteiger charge is 2.62. The second-order valence-corrected chi connectivity index (χ2v) is 11.5. The molecule has 184 valence electrons. The number of para-hydroxylation sites is 1. The number of carbonyl (C=O) groups excluding carboxylic acids is 3. The van der Waals surface area contributed by atoms with Gasteiger partial charge in [0.1, 0.15) is 5.41 Å². The van der Waals surface area contributed by atoms with Crippen LogP contribution in [0.25, 0.3) is 0 Å². The van der Waals surface area contributed by atoms with Crippen molar-refractivity contribution in [3.63, 3.8) is 0 Å². The van der Waals surface area contributed by atoms with E-state index in [0.29, 0.717) is 19.6 Å². The van der Waals surface area contributed by atoms with Crippen molar-refractivity contribution >= 4 is 34.7 Å². The van der Waals surface area contributed by atoms with Crippen LogP contribution in [0, 0.1) is 5.92 Å². The smallest absolute Gasteiger partial charge is 0.237 e. The molecule has 2 saturated heterocycles. The Bertz CT molecular complexity index is 1210. The largest absolute Gasteiger partial charge is 0.375 e. The summed E-state index contributed by atoms with van der Waals surface area (Å²) in [5.74, 6) is -0.923. The van der Waals surface area contributed by atoms with Crippen molar-refractivity contribution in [3.8, 4) is 0 Å². The van der Waals surface area contributed by atoms with Crippen molar-refractivity contribution in [2.24, 2.45) is 5.92 Å². The Morgan fingerprint density at radius 2 is 1.97 bits per heavy atom. The predicted molar refractivity (Wildman–Crippen MR) is 132 cm³/mol. The lowest BCUT2D eigenvalue weighted by Crippen LogP contribution is -2.65. The van der Waals surface area contributed by atoms with Crippen LogP contribution < -0.4 is 5.32 Å². The third-order valence-corrected chi connectivity index (χ3v) is 9.27. The number of thiophene rings is 1. The first-order valence-electron chi connectivity index (χ1n) is 12.1. The summed E-state index contributed by atoms with van der Waals surface area (Å²) in [7, 11) is 1.65. The predicted octanol–water partition coefficient (Wildman–Crippen LogP) is 1.70. The van der Waals surface area contributed by atoms with Crippen molar-refractivity contribution in [2.75, 3.05) is 51.7 Å². The molecule has 3 amide bonds. The standard InChI is InChI=1S/C26H30N4O4S/c1-25(34-2)14-30(15-25)23(32)19-12-29(16-26(19)18-5-3-4-6-20(18)27-24(26)33)22(31)13-28-9-7-21-17(11-28)8-10-35-21/h3-6,8,10,19H,7,9,11-16H2,1-2H3,(H,27,33). The highest BCUT2D eigenvalue weighted by molar-refractivity contribution is 7.10. The quantitative estimate of drug-likeness (QED) is 0.700. The molecule has 6 rings (SSSR count). The molecule has 5 heterocycles. The van der Waals surface area contributed by atoms with Crippen LogP contribution in [0.2, 0.25) is 0 Å². The molecule has 0 bridgehead atoms. The van der Waals surface area contributed by atoms with E-state index in [0.717, 1.165) is 30.8 Å². The maximum absolute atomic E-state index is 13.8. The highest BCUT2D eigenvalue weighted by atomic mass is 32.1. The topological polar surface area (TPSA) is 82.2 Å². The molecule has 9 heteroatoms. The fourth-order valence-corrected chi connectivity index (χ4v) is 7.06. The molecule has 1 spiro atoms. The normalized spacial score (nSPS) is 26.9. The van der Waals surface area contributed by atoms with Crippen LogP contribution in [-0.4, -0.2) is 84.4 Å². The van der Waals surface area contributed by atoms with Crippen LogP contribution in [0.4, 0.5) is 5.69 Å². The lowest BCUT2D eigenvalue weighted by atomic mass is 9.72. The Hall–Kier alpha value is -2.75. The Kier molecular flexibility index (Phi) is 5.28. The van der Waals surface area contributed by atoms with Gasteiger partial charge in [-0.3, -0.25) is 19.3 Å². The maximum Gasteiger partial charge on any atom is 0.237 e. The van der Waals surface area contributed by atoms with E-state index in [1.165, 1.54) is 10.4 Å². The highest BCUT2D eigenvalue weighted by Crippen LogP contribution is 2.48. The zero-order valence-corrected chi connectivity index (χ0v) is 20.9. The second-order valence-electron chi connectivity index (χ2n) is 10.5. The van der Waals surface area contributed by atoms with E-state index in [1.54, 1.807) is 28.2 Å². The van der Waals surface area contributed by atoms with Crippen molar-refractivity contribution in [2.45, 2.75) is 30.9 Å². The number of carbonyl (C=O) groups is 3. The first-order chi connectivity index (χ1) is 16.8. The molecule has 1 N–H and O–H groups in total. The average molecular weight is 495 g/mol. The lowest BCUT2D eigenvalue weighted by Gasteiger charge is -2.48. The van der Waals surface area contributed by atoms with Gasteiger partial charge in [0.2, 0.25) is 17.7 Å². The van der Waals surface area contributed by atoms with Gasteiger partial charge >= 0.3 is 0 Å². The van der Waals surface area contributed by atoms with Gasteiger partial charge in [-0.1, -0.05) is 18.2 Å². The number of amides is 3. The van der Waals surface area contributed by atoms with E-state index in [1.807, 2.05) is 31.2 Å². The molecule has 0 radical (unpaired) electrons. The van der Waals surface area contributed by atoms with Crippen LogP contribution in [0.15, 0.2) is 35.7 Å². The molecule has 35 heavy (non-hydrogen) atoms. The molecule has 2 aromatic rings. The number of fused-ring (bicyclic) bond motifs is 3. The average Bonchev–Trinajstić information content (AvgIpc) is 3.53. The number of nitrogens with zero attached hydrogens (tertiary/aromatic N) is 3. The van der Waals surface area contributed by atoms with Crippen molar-refractivity contribution in [1.29, 1.82) is 0 Å². The molecule has 1 aromatic carbocycles. The van der Waals surface area contributed by atoms with Gasteiger partial charge in [0.25, 0.3) is 0 Å². The summed E-state index contributed by atoms with van der Waals surface area (Å²) >= 11 is 1.78. The fourth-order valence-electron chi connectivity index (χ4n) is 6.17. The Morgan fingerprint density at radius 3 is 2.77 bits per heavy atom. The Labute approximate surface area is 208 Å². The van der Waals surface area contributed by atoms with E-state index >= 15 is 0 Å². The number of nitrogens with one attached hydrogen (secondary N) is 1. The molecule has 1 aromatic heterocycles. The number of anilines is 1. The number of rotatable bonds is 4. The number of methoxy groups -OCH3 is 1. The first kappa shape index (κ1) is 22.7. The van der Waals surface area contributed by atoms with Gasteiger partial charge in [-0.2, -0.15) is 0 Å². The summed E-state index contributed by atoms with van der Waals surface area (Å²) in [5, 5.41) is 5.09. The lowest BCUT2D eigenvalue weighted by molar-refractivity contribution is -0.163. The van der Waals surface area contributed by atoms with Crippen LogP contribution in [-0.2, 0) is 37.5 Å². The van der Waals surface area contributed by atoms with E-state index in [2.05, 4.69) is 21.7 Å². The molecule has 4 aliphatic heterocycles. The molecule has 0 saturated carbocycles. The van der Waals surface area contributed by atoms with Gasteiger partial charge in [0, 0.05) is 43.9 Å². The van der Waals surface area contributed by atoms with E-state index in [4.69, 9.17) is 4.74 Å². The van der Waals surface area contributed by atoms with Crippen LogP contribution in [0.1, 0.15) is 22.9 Å². The minimum absolute atomic E-state index is 0.0270. The molecule has 2 atom stereocenters. The van der Waals surface area contributed by atoms with E-state index < -0.39 is 11.3 Å². The second kappa shape index (κ2) is 8.15. The molecule has 4 aliphatic rings. The monoisotopic (exact) mass is 494 g/mol. The van der Waals surface area contributed by atoms with E-state index in [9.17, 15) is 14.4 Å². The summed E-state index contributed by atoms with van der Waals surface area (Å²) in [5.41, 5.74) is 1.42. The van der Waals surface area contributed by atoms with Crippen molar-refractivity contribution < 1.29 is 19.1 Å². The fraction of sp³-hybridized carbons (Fsp3) is 0.500. The zero-order chi connectivity index (χ0) is 24.4. The molecule has 2 fully saturated rings. The van der Waals surface area contributed by atoms with Gasteiger partial charge in [0.15, 0.2) is 0 Å². The summed E-state index contributed by atoms with van der Waals surface area (Å²) in [6.45, 7) is 5.32. The van der Waals surface area contributed by atoms with Crippen molar-refractivity contribution in [3.05, 3.63) is 51.7 Å². The molecular weight excluding hydrogens is 464 g/mol. The number of hydrogen-bond acceptors (Lipinski definition) is 6. The minimum Gasteiger partial charge on any atom is -0.375 e. The zero-order valence-electron chi connectivity index (χ0n) is 20.1. The Morgan fingerprint density at radius 1 is 1.17 bits per heavy atom. The van der Waals surface area contributed by atoms with Crippen LogP contribution in [0.3, 0.4) is 0 Å². The van der Waals surface area contributed by atoms with Gasteiger partial charge in [-0.25, -0.2) is 0 Å². The SMILES string of the molecule is COC1(C)CN(C(=O)C2CN(C(=O)CN3CCc4sccc4C3)CC23C(=O)Nc2ccccc23)C1. The van der Waals surface area contributed by atoms with Crippen LogP contribution >= 0.6 is 11.3 Å². The first-order valence-corrected chi connectivity index (χ1v) is 13.0. The molecule has 0 aliphatic carbocycles. The van der Waals surface area contributed by atoms with Gasteiger partial charge in [0.05, 0.1) is 31.2 Å². The number of hydrogen-bond donors (Lipinski definition) is 1.